The highest BCUT2D eigenvalue weighted by Crippen LogP contribution is 2.55. The molecule has 1 heterocycles. The van der Waals surface area contributed by atoms with Crippen molar-refractivity contribution in [3.8, 4) is 67.1 Å². The molecule has 2 heteroatoms. The Morgan fingerprint density at radius 1 is 0.317 bits per heavy atom. The first-order valence-corrected chi connectivity index (χ1v) is 21.1. The lowest BCUT2D eigenvalue weighted by Crippen LogP contribution is -2.18. The second kappa shape index (κ2) is 12.7. The van der Waals surface area contributed by atoms with Gasteiger partial charge in [-0.1, -0.05) is 155 Å². The van der Waals surface area contributed by atoms with Gasteiger partial charge in [0.1, 0.15) is 11.5 Å². The van der Waals surface area contributed by atoms with Gasteiger partial charge >= 0.3 is 0 Å². The van der Waals surface area contributed by atoms with E-state index in [1.54, 1.807) is 0 Å². The van der Waals surface area contributed by atoms with Crippen molar-refractivity contribution in [1.29, 1.82) is 0 Å². The van der Waals surface area contributed by atoms with Gasteiger partial charge < -0.3 is 9.64 Å². The highest BCUT2D eigenvalue weighted by atomic mass is 16.5. The maximum absolute atomic E-state index is 7.01. The maximum Gasteiger partial charge on any atom is 0.135 e. The lowest BCUT2D eigenvalue weighted by Gasteiger charge is -2.30. The number of fused-ring (bicyclic) bond motifs is 12. The molecule has 2 nitrogen and oxygen atoms in total. The van der Waals surface area contributed by atoms with Crippen molar-refractivity contribution in [2.75, 3.05) is 4.90 Å². The molecule has 9 aromatic carbocycles. The van der Waals surface area contributed by atoms with E-state index in [4.69, 9.17) is 4.74 Å². The molecule has 0 radical (unpaired) electrons. The molecule has 0 unspecified atom stereocenters. The Balaban J connectivity index is 1.08. The van der Waals surface area contributed by atoms with Crippen LogP contribution in [0.15, 0.2) is 188 Å². The number of rotatable bonds is 4. The van der Waals surface area contributed by atoms with E-state index in [2.05, 4.69) is 221 Å². The van der Waals surface area contributed by atoms with E-state index in [0.717, 1.165) is 56.2 Å². The summed E-state index contributed by atoms with van der Waals surface area (Å²) >= 11 is 0. The Labute approximate surface area is 352 Å². The third-order valence-corrected chi connectivity index (χ3v) is 13.6. The van der Waals surface area contributed by atoms with Crippen LogP contribution in [0.4, 0.5) is 17.1 Å². The van der Waals surface area contributed by atoms with Crippen molar-refractivity contribution in [2.24, 2.45) is 0 Å². The van der Waals surface area contributed by atoms with Crippen molar-refractivity contribution in [1.82, 2.24) is 0 Å². The number of hydrogen-bond acceptors (Lipinski definition) is 2. The molecule has 0 atom stereocenters. The molecule has 60 heavy (non-hydrogen) atoms. The SMILES string of the molecule is CC1(C)c2ccccc2-c2ccc(N(c3ccc4c(c3)-c3ccc(-c5ccccc5)cc3-c3cc5ccccc5cc3O4)c3ccc4c(c3)C(C)(C)c3ccccc3-4)cc21. The third kappa shape index (κ3) is 5.07. The quantitative estimate of drug-likeness (QED) is 0.177. The Bertz CT molecular complexity index is 3140. The van der Waals surface area contributed by atoms with Crippen molar-refractivity contribution in [2.45, 2.75) is 38.5 Å². The summed E-state index contributed by atoms with van der Waals surface area (Å²) in [7, 11) is 0. The average Bonchev–Trinajstić information content (AvgIpc) is 3.59. The highest BCUT2D eigenvalue weighted by Gasteiger charge is 2.38. The van der Waals surface area contributed by atoms with Crippen LogP contribution in [0, 0.1) is 0 Å². The molecule has 0 N–H and O–H groups in total. The van der Waals surface area contributed by atoms with Crippen LogP contribution in [0.25, 0.3) is 66.4 Å². The zero-order valence-electron chi connectivity index (χ0n) is 34.3. The molecule has 0 saturated carbocycles. The van der Waals surface area contributed by atoms with Gasteiger partial charge in [-0.05, 0) is 138 Å². The van der Waals surface area contributed by atoms with Crippen LogP contribution < -0.4 is 9.64 Å². The lowest BCUT2D eigenvalue weighted by molar-refractivity contribution is 0.488. The Morgan fingerprint density at radius 3 is 1.47 bits per heavy atom. The smallest absolute Gasteiger partial charge is 0.135 e. The number of anilines is 3. The largest absolute Gasteiger partial charge is 0.456 e. The average molecular weight is 770 g/mol. The molecule has 0 spiro atoms. The van der Waals surface area contributed by atoms with E-state index in [0.29, 0.717) is 0 Å². The lowest BCUT2D eigenvalue weighted by atomic mass is 9.82. The second-order valence-electron chi connectivity index (χ2n) is 17.7. The fourth-order valence-corrected chi connectivity index (χ4v) is 10.5. The van der Waals surface area contributed by atoms with Crippen molar-refractivity contribution >= 4 is 27.8 Å². The molecule has 0 amide bonds. The second-order valence-corrected chi connectivity index (χ2v) is 17.7. The zero-order valence-corrected chi connectivity index (χ0v) is 34.3. The van der Waals surface area contributed by atoms with Crippen LogP contribution >= 0.6 is 0 Å². The minimum absolute atomic E-state index is 0.137. The van der Waals surface area contributed by atoms with Gasteiger partial charge in [0.05, 0.1) is 0 Å². The van der Waals surface area contributed by atoms with Crippen LogP contribution in [-0.2, 0) is 10.8 Å². The molecule has 1 aliphatic heterocycles. The predicted octanol–water partition coefficient (Wildman–Crippen LogP) is 16.0. The molecule has 0 bridgehead atoms. The van der Waals surface area contributed by atoms with E-state index in [1.165, 1.54) is 61.0 Å². The van der Waals surface area contributed by atoms with E-state index in [-0.39, 0.29) is 10.8 Å². The topological polar surface area (TPSA) is 12.5 Å². The molecular weight excluding hydrogens is 727 g/mol. The molecule has 0 fully saturated rings. The summed E-state index contributed by atoms with van der Waals surface area (Å²) < 4.78 is 7.01. The maximum atomic E-state index is 7.01. The zero-order chi connectivity index (χ0) is 40.3. The van der Waals surface area contributed by atoms with Crippen LogP contribution in [0.5, 0.6) is 11.5 Å². The van der Waals surface area contributed by atoms with Crippen LogP contribution in [0.1, 0.15) is 49.9 Å². The first-order chi connectivity index (χ1) is 29.2. The Morgan fingerprint density at radius 2 is 0.817 bits per heavy atom. The summed E-state index contributed by atoms with van der Waals surface area (Å²) in [4.78, 5) is 2.46. The Kier molecular flexibility index (Phi) is 7.36. The molecule has 12 rings (SSSR count). The van der Waals surface area contributed by atoms with Gasteiger partial charge in [0, 0.05) is 39.0 Å². The summed E-state index contributed by atoms with van der Waals surface area (Å²) in [5, 5.41) is 2.35. The van der Waals surface area contributed by atoms with Crippen molar-refractivity contribution < 1.29 is 4.74 Å². The number of ether oxygens (including phenoxy) is 1. The first kappa shape index (κ1) is 34.8. The molecule has 286 valence electrons. The highest BCUT2D eigenvalue weighted by molar-refractivity contribution is 5.99. The van der Waals surface area contributed by atoms with E-state index < -0.39 is 0 Å². The molecule has 9 aromatic rings. The molecule has 3 aliphatic rings. The standard InChI is InChI=1S/C58H43NO/c1-57(2)51-20-12-10-18-44(51)46-27-23-41(34-53(46)57)59(42-24-28-47-45-19-11-13-21-52(45)58(3,4)54(47)35-42)40-25-29-55-50(33-40)43-26-22-39(36-14-6-5-7-15-36)30-48(43)49-31-37-16-8-9-17-38(37)32-56(49)60-55/h5-35H,1-4H3. The van der Waals surface area contributed by atoms with Gasteiger partial charge in [0.15, 0.2) is 0 Å². The number of nitrogens with zero attached hydrogens (tertiary/aromatic N) is 1. The minimum atomic E-state index is -0.137. The van der Waals surface area contributed by atoms with Gasteiger partial charge in [0.25, 0.3) is 0 Å². The fourth-order valence-electron chi connectivity index (χ4n) is 10.5. The third-order valence-electron chi connectivity index (χ3n) is 13.6. The molecule has 0 aromatic heterocycles. The van der Waals surface area contributed by atoms with Crippen LogP contribution in [0.3, 0.4) is 0 Å². The summed E-state index contributed by atoms with van der Waals surface area (Å²) in [6.07, 6.45) is 0. The van der Waals surface area contributed by atoms with E-state index >= 15 is 0 Å². The van der Waals surface area contributed by atoms with Crippen molar-refractivity contribution in [3.05, 3.63) is 210 Å². The Hall–Kier alpha value is -7.16. The minimum Gasteiger partial charge on any atom is -0.456 e. The first-order valence-electron chi connectivity index (χ1n) is 21.1. The van der Waals surface area contributed by atoms with Gasteiger partial charge in [-0.3, -0.25) is 0 Å². The summed E-state index contributed by atoms with van der Waals surface area (Å²) in [6, 6.07) is 69.4. The molecule has 2 aliphatic carbocycles. The predicted molar refractivity (Wildman–Crippen MR) is 250 cm³/mol. The monoisotopic (exact) mass is 769 g/mol. The molecule has 0 saturated heterocycles. The van der Waals surface area contributed by atoms with Gasteiger partial charge in [-0.25, -0.2) is 0 Å². The van der Waals surface area contributed by atoms with Gasteiger partial charge in [0.2, 0.25) is 0 Å². The van der Waals surface area contributed by atoms with Crippen LogP contribution in [0.2, 0.25) is 0 Å². The summed E-state index contributed by atoms with van der Waals surface area (Å²) in [6.45, 7) is 9.45. The normalized spacial score (nSPS) is 14.4. The summed E-state index contributed by atoms with van der Waals surface area (Å²) in [5.74, 6) is 1.71. The van der Waals surface area contributed by atoms with Crippen molar-refractivity contribution in [3.63, 3.8) is 0 Å². The summed E-state index contributed by atoms with van der Waals surface area (Å²) in [5.41, 5.74) is 20.6. The van der Waals surface area contributed by atoms with E-state index in [1.807, 2.05) is 0 Å². The van der Waals surface area contributed by atoms with Crippen LogP contribution in [-0.4, -0.2) is 0 Å². The number of hydrogen-bond donors (Lipinski definition) is 0. The van der Waals surface area contributed by atoms with E-state index in [9.17, 15) is 0 Å². The number of benzene rings is 9. The van der Waals surface area contributed by atoms with Gasteiger partial charge in [-0.2, -0.15) is 0 Å². The van der Waals surface area contributed by atoms with Gasteiger partial charge in [-0.15, -0.1) is 0 Å². The fraction of sp³-hybridized carbons (Fsp3) is 0.103. The molecular formula is C58H43NO.